The summed E-state index contributed by atoms with van der Waals surface area (Å²) in [4.78, 5) is 26.4. The van der Waals surface area contributed by atoms with Crippen LogP contribution < -0.4 is 10.6 Å². The van der Waals surface area contributed by atoms with Gasteiger partial charge in [-0.3, -0.25) is 19.4 Å². The van der Waals surface area contributed by atoms with E-state index in [1.54, 1.807) is 0 Å². The van der Waals surface area contributed by atoms with E-state index in [0.29, 0.717) is 5.54 Å². The number of hydrogen-bond donors (Lipinski definition) is 4. The molecule has 1 aromatic rings. The molecule has 3 rings (SSSR count). The van der Waals surface area contributed by atoms with Crippen LogP contribution in [0.3, 0.4) is 0 Å². The largest absolute Gasteiger partial charge is 0.483 e. The molecule has 0 aliphatic carbocycles. The van der Waals surface area contributed by atoms with E-state index in [1.807, 2.05) is 19.3 Å². The molecule has 2 aliphatic heterocycles. The van der Waals surface area contributed by atoms with Gasteiger partial charge in [0, 0.05) is 37.4 Å². The van der Waals surface area contributed by atoms with Crippen molar-refractivity contribution in [2.45, 2.75) is 31.3 Å². The molecular formula is C19H33N5O4. The van der Waals surface area contributed by atoms with Crippen molar-refractivity contribution in [2.24, 2.45) is 0 Å². The maximum atomic E-state index is 8.36. The zero-order valence-corrected chi connectivity index (χ0v) is 16.8. The Balaban J connectivity index is 0.000000582. The van der Waals surface area contributed by atoms with Crippen LogP contribution in [0.2, 0.25) is 0 Å². The van der Waals surface area contributed by atoms with Crippen LogP contribution in [0.15, 0.2) is 18.3 Å². The molecule has 28 heavy (non-hydrogen) atoms. The number of likely N-dealkylation sites (N-methyl/N-ethyl adjacent to an activating group) is 1. The summed E-state index contributed by atoms with van der Waals surface area (Å²) in [5.74, 6) is 1.01. The molecule has 0 unspecified atom stereocenters. The van der Waals surface area contributed by atoms with Crippen LogP contribution in [0, 0.1) is 0 Å². The number of piperidine rings is 1. The molecule has 1 spiro atoms. The Kier molecular flexibility index (Phi) is 11.1. The number of rotatable bonds is 3. The van der Waals surface area contributed by atoms with Crippen LogP contribution in [0.4, 0.5) is 5.82 Å². The minimum absolute atomic E-state index is 0.250. The highest BCUT2D eigenvalue weighted by molar-refractivity contribution is 5.42. The minimum Gasteiger partial charge on any atom is -0.483 e. The zero-order chi connectivity index (χ0) is 20.8. The summed E-state index contributed by atoms with van der Waals surface area (Å²) >= 11 is 0. The first-order valence-electron chi connectivity index (χ1n) is 9.48. The summed E-state index contributed by atoms with van der Waals surface area (Å²) < 4.78 is 0. The molecule has 3 heterocycles. The number of pyridine rings is 1. The average molecular weight is 396 g/mol. The minimum atomic E-state index is -0.250. The number of nitrogens with zero attached hydrogens (tertiary/aromatic N) is 3. The maximum absolute atomic E-state index is 8.36. The van der Waals surface area contributed by atoms with Crippen molar-refractivity contribution in [1.82, 2.24) is 20.1 Å². The second-order valence-electron chi connectivity index (χ2n) is 6.93. The lowest BCUT2D eigenvalue weighted by Gasteiger charge is -2.45. The molecule has 9 nitrogen and oxygen atoms in total. The van der Waals surface area contributed by atoms with Crippen molar-refractivity contribution in [3.63, 3.8) is 0 Å². The first-order chi connectivity index (χ1) is 13.6. The van der Waals surface area contributed by atoms with Crippen molar-refractivity contribution in [3.05, 3.63) is 23.9 Å². The predicted molar refractivity (Wildman–Crippen MR) is 109 cm³/mol. The van der Waals surface area contributed by atoms with E-state index in [9.17, 15) is 0 Å². The Hall–Kier alpha value is -2.23. The number of anilines is 1. The van der Waals surface area contributed by atoms with Gasteiger partial charge >= 0.3 is 0 Å². The monoisotopic (exact) mass is 395 g/mol. The summed E-state index contributed by atoms with van der Waals surface area (Å²) in [7, 11) is 4.27. The third-order valence-electron chi connectivity index (χ3n) is 5.35. The quantitative estimate of drug-likeness (QED) is 0.551. The van der Waals surface area contributed by atoms with Crippen molar-refractivity contribution >= 4 is 18.8 Å². The van der Waals surface area contributed by atoms with Gasteiger partial charge in [-0.05, 0) is 58.6 Å². The van der Waals surface area contributed by atoms with Gasteiger partial charge in [-0.25, -0.2) is 4.98 Å². The van der Waals surface area contributed by atoms with Gasteiger partial charge in [-0.2, -0.15) is 0 Å². The van der Waals surface area contributed by atoms with Gasteiger partial charge in [0.25, 0.3) is 12.9 Å². The van der Waals surface area contributed by atoms with Gasteiger partial charge < -0.3 is 20.8 Å². The van der Waals surface area contributed by atoms with Gasteiger partial charge in [-0.1, -0.05) is 6.07 Å². The lowest BCUT2D eigenvalue weighted by Crippen LogP contribution is -2.57. The Labute approximate surface area is 166 Å². The third-order valence-corrected chi connectivity index (χ3v) is 5.35. The van der Waals surface area contributed by atoms with E-state index in [2.05, 4.69) is 38.5 Å². The van der Waals surface area contributed by atoms with Crippen LogP contribution in [0.5, 0.6) is 0 Å². The SMILES string of the molecule is CNc1ncccc1CN1CCCN(C)C2(CCNCC2)C1.O=CO.O=CO. The van der Waals surface area contributed by atoms with E-state index >= 15 is 0 Å². The van der Waals surface area contributed by atoms with Crippen LogP contribution in [-0.4, -0.2) is 90.3 Å². The second kappa shape index (κ2) is 13.0. The number of carbonyl (C=O) groups is 2. The molecule has 158 valence electrons. The van der Waals surface area contributed by atoms with Crippen LogP contribution in [0.1, 0.15) is 24.8 Å². The number of carboxylic acid groups (broad SMARTS) is 2. The first kappa shape index (κ1) is 23.8. The lowest BCUT2D eigenvalue weighted by molar-refractivity contribution is -0.123. The topological polar surface area (TPSA) is 118 Å². The Morgan fingerprint density at radius 1 is 1.25 bits per heavy atom. The van der Waals surface area contributed by atoms with Crippen LogP contribution in [-0.2, 0) is 16.1 Å². The molecule has 9 heteroatoms. The van der Waals surface area contributed by atoms with Gasteiger partial charge in [0.1, 0.15) is 5.82 Å². The highest BCUT2D eigenvalue weighted by atomic mass is 16.3. The summed E-state index contributed by atoms with van der Waals surface area (Å²) in [6.45, 7) is 6.34. The van der Waals surface area contributed by atoms with Crippen LogP contribution in [0.25, 0.3) is 0 Å². The molecule has 0 bridgehead atoms. The molecule has 0 radical (unpaired) electrons. The van der Waals surface area contributed by atoms with Crippen molar-refractivity contribution in [1.29, 1.82) is 0 Å². The Morgan fingerprint density at radius 3 is 2.50 bits per heavy atom. The van der Waals surface area contributed by atoms with Crippen molar-refractivity contribution < 1.29 is 19.8 Å². The maximum Gasteiger partial charge on any atom is 0.290 e. The molecule has 4 N–H and O–H groups in total. The first-order valence-corrected chi connectivity index (χ1v) is 9.48. The Morgan fingerprint density at radius 2 is 1.89 bits per heavy atom. The van der Waals surface area contributed by atoms with Gasteiger partial charge in [-0.15, -0.1) is 0 Å². The summed E-state index contributed by atoms with van der Waals surface area (Å²) in [5, 5.41) is 20.5. The van der Waals surface area contributed by atoms with Crippen molar-refractivity contribution in [3.8, 4) is 0 Å². The number of nitrogens with one attached hydrogen (secondary N) is 2. The lowest BCUT2D eigenvalue weighted by atomic mass is 9.86. The molecule has 1 aromatic heterocycles. The van der Waals surface area contributed by atoms with Gasteiger partial charge in [0.05, 0.1) is 0 Å². The average Bonchev–Trinajstić information content (AvgIpc) is 2.83. The van der Waals surface area contributed by atoms with E-state index in [0.717, 1.165) is 25.5 Å². The highest BCUT2D eigenvalue weighted by Gasteiger charge is 2.39. The highest BCUT2D eigenvalue weighted by Crippen LogP contribution is 2.29. The zero-order valence-electron chi connectivity index (χ0n) is 16.8. The molecule has 0 atom stereocenters. The molecule has 2 fully saturated rings. The fourth-order valence-corrected chi connectivity index (χ4v) is 3.98. The molecule has 0 aromatic carbocycles. The molecular weight excluding hydrogens is 362 g/mol. The van der Waals surface area contributed by atoms with Crippen molar-refractivity contribution in [2.75, 3.05) is 52.1 Å². The fourth-order valence-electron chi connectivity index (χ4n) is 3.98. The summed E-state index contributed by atoms with van der Waals surface area (Å²) in [5.41, 5.74) is 1.66. The number of aromatic nitrogens is 1. The predicted octanol–water partition coefficient (Wildman–Crippen LogP) is 0.785. The van der Waals surface area contributed by atoms with Gasteiger partial charge in [0.15, 0.2) is 0 Å². The molecule has 2 aliphatic rings. The molecule has 2 saturated heterocycles. The van der Waals surface area contributed by atoms with E-state index in [-0.39, 0.29) is 12.9 Å². The van der Waals surface area contributed by atoms with E-state index in [1.165, 1.54) is 44.5 Å². The molecule has 0 saturated carbocycles. The molecule has 0 amide bonds. The van der Waals surface area contributed by atoms with Gasteiger partial charge in [0.2, 0.25) is 0 Å². The summed E-state index contributed by atoms with van der Waals surface area (Å²) in [6, 6.07) is 4.24. The third kappa shape index (κ3) is 7.06. The number of hydrogen-bond acceptors (Lipinski definition) is 7. The normalized spacial score (nSPS) is 19.2. The fraction of sp³-hybridized carbons (Fsp3) is 0.632. The Bertz CT molecular complexity index is 575. The second-order valence-corrected chi connectivity index (χ2v) is 6.93. The standard InChI is InChI=1S/C17H29N5.2CH2O2/c1-18-16-15(5-3-8-20-16)13-22-12-4-11-21(2)17(14-22)6-9-19-10-7-17;2*2-1-3/h3,5,8,19H,4,6-7,9-14H2,1-2H3,(H,18,20);2*1H,(H,2,3). The van der Waals surface area contributed by atoms with Crippen LogP contribution >= 0.6 is 0 Å². The summed E-state index contributed by atoms with van der Waals surface area (Å²) in [6.07, 6.45) is 5.62. The van der Waals surface area contributed by atoms with E-state index < -0.39 is 0 Å². The smallest absolute Gasteiger partial charge is 0.290 e. The van der Waals surface area contributed by atoms with E-state index in [4.69, 9.17) is 19.8 Å².